The molecule has 0 saturated carbocycles. The molecule has 0 amide bonds. The maximum absolute atomic E-state index is 12.4. The van der Waals surface area contributed by atoms with Crippen LogP contribution in [-0.2, 0) is 0 Å². The average molecular weight is 338 g/mol. The molecular formula is C20H22N2OS. The lowest BCUT2D eigenvalue weighted by molar-refractivity contribution is 0.102. The monoisotopic (exact) mass is 338 g/mol. The number of Topliss-reactive ketones (excluding diaryl/α,β-unsaturated/α-hetero) is 1. The first-order chi connectivity index (χ1) is 11.7. The van der Waals surface area contributed by atoms with Crippen LogP contribution < -0.4 is 0 Å². The second kappa shape index (κ2) is 8.15. The van der Waals surface area contributed by atoms with Crippen molar-refractivity contribution in [1.29, 1.82) is 0 Å². The summed E-state index contributed by atoms with van der Waals surface area (Å²) in [6.45, 7) is 4.08. The molecule has 124 valence electrons. The molecule has 1 aliphatic rings. The molecule has 1 aliphatic heterocycles. The Morgan fingerprint density at radius 2 is 1.71 bits per heavy atom. The normalized spacial score (nSPS) is 14.9. The second-order valence-electron chi connectivity index (χ2n) is 6.00. The van der Waals surface area contributed by atoms with Crippen molar-refractivity contribution >= 4 is 28.4 Å². The van der Waals surface area contributed by atoms with Crippen molar-refractivity contribution in [3.63, 3.8) is 0 Å². The smallest absolute Gasteiger partial charge is 0.173 e. The number of carbonyl (C=O) groups excluding carboxylic acids is 1. The Kier molecular flexibility index (Phi) is 5.70. The lowest BCUT2D eigenvalue weighted by Gasteiger charge is -2.19. The van der Waals surface area contributed by atoms with E-state index in [1.807, 2.05) is 61.5 Å². The number of ketones is 1. The number of carbonyl (C=O) groups is 1. The van der Waals surface area contributed by atoms with E-state index in [-0.39, 0.29) is 5.78 Å². The molecule has 3 nitrogen and oxygen atoms in total. The number of nitrogens with zero attached hydrogens (tertiary/aromatic N) is 2. The van der Waals surface area contributed by atoms with E-state index in [9.17, 15) is 4.79 Å². The van der Waals surface area contributed by atoms with Gasteiger partial charge in [-0.05, 0) is 31.9 Å². The molecule has 1 saturated heterocycles. The van der Waals surface area contributed by atoms with Gasteiger partial charge in [0.05, 0.1) is 11.4 Å². The molecule has 0 spiro atoms. The van der Waals surface area contributed by atoms with Gasteiger partial charge >= 0.3 is 0 Å². The van der Waals surface area contributed by atoms with E-state index in [1.165, 1.54) is 18.4 Å². The van der Waals surface area contributed by atoms with Gasteiger partial charge in [0, 0.05) is 18.7 Å². The number of hydrogen-bond donors (Lipinski definition) is 0. The fourth-order valence-electron chi connectivity index (χ4n) is 2.67. The zero-order valence-electron chi connectivity index (χ0n) is 13.9. The Balaban J connectivity index is 1.71. The number of rotatable bonds is 4. The zero-order chi connectivity index (χ0) is 16.8. The fourth-order valence-corrected chi connectivity index (χ4v) is 3.63. The summed E-state index contributed by atoms with van der Waals surface area (Å²) in [6.07, 6.45) is 2.39. The van der Waals surface area contributed by atoms with E-state index in [0.717, 1.165) is 29.5 Å². The first-order valence-corrected chi connectivity index (χ1v) is 9.32. The molecule has 2 aromatic rings. The van der Waals surface area contributed by atoms with Gasteiger partial charge in [-0.25, -0.2) is 4.99 Å². The van der Waals surface area contributed by atoms with Crippen LogP contribution in [0.4, 0.5) is 5.69 Å². The van der Waals surface area contributed by atoms with Crippen LogP contribution in [0.15, 0.2) is 59.6 Å². The summed E-state index contributed by atoms with van der Waals surface area (Å²) in [5, 5.41) is 0.958. The highest BCUT2D eigenvalue weighted by molar-refractivity contribution is 8.14. The molecule has 1 fully saturated rings. The molecule has 4 heteroatoms. The molecule has 3 rings (SSSR count). The number of aliphatic imine (C=N–C) groups is 1. The van der Waals surface area contributed by atoms with Gasteiger partial charge in [0.25, 0.3) is 0 Å². The topological polar surface area (TPSA) is 32.7 Å². The molecule has 0 radical (unpaired) electrons. The SMILES string of the molecule is Cc1ccc(C(=O)CSC(=Nc2ccccc2)N2CCCC2)cc1. The Bertz CT molecular complexity index is 704. The number of aryl methyl sites for hydroxylation is 1. The van der Waals surface area contributed by atoms with Crippen LogP contribution >= 0.6 is 11.8 Å². The highest BCUT2D eigenvalue weighted by Gasteiger charge is 2.18. The Labute approximate surface area is 147 Å². The Morgan fingerprint density at radius 3 is 2.38 bits per heavy atom. The van der Waals surface area contributed by atoms with Gasteiger partial charge in [0.1, 0.15) is 0 Å². The van der Waals surface area contributed by atoms with Crippen molar-refractivity contribution < 1.29 is 4.79 Å². The molecular weight excluding hydrogens is 316 g/mol. The number of thioether (sulfide) groups is 1. The van der Waals surface area contributed by atoms with Gasteiger partial charge in [-0.2, -0.15) is 0 Å². The van der Waals surface area contributed by atoms with Crippen LogP contribution in [0, 0.1) is 6.92 Å². The predicted molar refractivity (Wildman–Crippen MR) is 102 cm³/mol. The quantitative estimate of drug-likeness (QED) is 0.460. The van der Waals surface area contributed by atoms with E-state index >= 15 is 0 Å². The molecule has 2 aromatic carbocycles. The van der Waals surface area contributed by atoms with Gasteiger partial charge in [-0.15, -0.1) is 0 Å². The number of para-hydroxylation sites is 1. The van der Waals surface area contributed by atoms with Gasteiger partial charge in [0.2, 0.25) is 0 Å². The van der Waals surface area contributed by atoms with Crippen molar-refractivity contribution in [2.75, 3.05) is 18.8 Å². The van der Waals surface area contributed by atoms with E-state index < -0.39 is 0 Å². The van der Waals surface area contributed by atoms with E-state index in [1.54, 1.807) is 11.8 Å². The van der Waals surface area contributed by atoms with E-state index in [0.29, 0.717) is 5.75 Å². The number of likely N-dealkylation sites (tertiary alicyclic amines) is 1. The maximum Gasteiger partial charge on any atom is 0.173 e. The molecule has 0 atom stereocenters. The molecule has 0 unspecified atom stereocenters. The lowest BCUT2D eigenvalue weighted by atomic mass is 10.1. The van der Waals surface area contributed by atoms with Crippen LogP contribution in [0.3, 0.4) is 0 Å². The maximum atomic E-state index is 12.4. The second-order valence-corrected chi connectivity index (χ2v) is 6.94. The highest BCUT2D eigenvalue weighted by atomic mass is 32.2. The summed E-state index contributed by atoms with van der Waals surface area (Å²) < 4.78 is 0. The van der Waals surface area contributed by atoms with Crippen LogP contribution in [0.5, 0.6) is 0 Å². The summed E-state index contributed by atoms with van der Waals surface area (Å²) in [7, 11) is 0. The minimum absolute atomic E-state index is 0.153. The lowest BCUT2D eigenvalue weighted by Crippen LogP contribution is -2.26. The van der Waals surface area contributed by atoms with Crippen molar-refractivity contribution in [2.45, 2.75) is 19.8 Å². The first kappa shape index (κ1) is 16.8. The Morgan fingerprint density at radius 1 is 1.04 bits per heavy atom. The summed E-state index contributed by atoms with van der Waals surface area (Å²) in [6, 6.07) is 17.7. The van der Waals surface area contributed by atoms with Crippen molar-refractivity contribution in [3.8, 4) is 0 Å². The van der Waals surface area contributed by atoms with Crippen LogP contribution in [0.1, 0.15) is 28.8 Å². The highest BCUT2D eigenvalue weighted by Crippen LogP contribution is 2.22. The standard InChI is InChI=1S/C20H22N2OS/c1-16-9-11-17(12-10-16)19(23)15-24-20(22-13-5-6-14-22)21-18-7-3-2-4-8-18/h2-4,7-12H,5-6,13-15H2,1H3. The van der Waals surface area contributed by atoms with Gasteiger partial charge in [-0.1, -0.05) is 59.8 Å². The number of amidine groups is 1. The molecule has 0 bridgehead atoms. The molecule has 24 heavy (non-hydrogen) atoms. The third kappa shape index (κ3) is 4.48. The molecule has 1 heterocycles. The van der Waals surface area contributed by atoms with E-state index in [4.69, 9.17) is 4.99 Å². The predicted octanol–water partition coefficient (Wildman–Crippen LogP) is 4.69. The van der Waals surface area contributed by atoms with E-state index in [2.05, 4.69) is 4.90 Å². The van der Waals surface area contributed by atoms with Gasteiger partial charge < -0.3 is 4.90 Å². The molecule has 0 aliphatic carbocycles. The summed E-state index contributed by atoms with van der Waals surface area (Å²) in [5.41, 5.74) is 2.88. The third-order valence-electron chi connectivity index (χ3n) is 4.06. The van der Waals surface area contributed by atoms with Gasteiger partial charge in [-0.3, -0.25) is 4.79 Å². The zero-order valence-corrected chi connectivity index (χ0v) is 14.8. The van der Waals surface area contributed by atoms with Crippen LogP contribution in [0.2, 0.25) is 0 Å². The van der Waals surface area contributed by atoms with Gasteiger partial charge in [0.15, 0.2) is 11.0 Å². The minimum atomic E-state index is 0.153. The van der Waals surface area contributed by atoms with Crippen LogP contribution in [0.25, 0.3) is 0 Å². The summed E-state index contributed by atoms with van der Waals surface area (Å²) in [5.74, 6) is 0.575. The average Bonchev–Trinajstić information content (AvgIpc) is 3.14. The number of hydrogen-bond acceptors (Lipinski definition) is 3. The van der Waals surface area contributed by atoms with Crippen LogP contribution in [-0.4, -0.2) is 34.7 Å². The van der Waals surface area contributed by atoms with Crippen molar-refractivity contribution in [3.05, 3.63) is 65.7 Å². The van der Waals surface area contributed by atoms with Crippen molar-refractivity contribution in [1.82, 2.24) is 4.90 Å². The minimum Gasteiger partial charge on any atom is -0.351 e. The number of benzene rings is 2. The fraction of sp³-hybridized carbons (Fsp3) is 0.300. The summed E-state index contributed by atoms with van der Waals surface area (Å²) >= 11 is 1.55. The Hall–Kier alpha value is -2.07. The molecule has 0 aromatic heterocycles. The largest absolute Gasteiger partial charge is 0.351 e. The van der Waals surface area contributed by atoms with Crippen molar-refractivity contribution in [2.24, 2.45) is 4.99 Å². The summed E-state index contributed by atoms with van der Waals surface area (Å²) in [4.78, 5) is 19.5. The first-order valence-electron chi connectivity index (χ1n) is 8.34. The molecule has 0 N–H and O–H groups in total. The third-order valence-corrected chi connectivity index (χ3v) is 5.08.